The first-order chi connectivity index (χ1) is 8.78. The standard InChI is InChI=1S/C15H27NO2Si/c1-15(2,3)19(4,5)17-12-11-14(18-16)13-9-7-6-8-10-13/h6-10,14H,11-12,16H2,1-5H3. The molecule has 19 heavy (non-hydrogen) atoms. The average molecular weight is 281 g/mol. The fourth-order valence-corrected chi connectivity index (χ4v) is 2.68. The van der Waals surface area contributed by atoms with Gasteiger partial charge in [0.25, 0.3) is 0 Å². The van der Waals surface area contributed by atoms with Crippen LogP contribution in [0.4, 0.5) is 0 Å². The van der Waals surface area contributed by atoms with Gasteiger partial charge in [-0.1, -0.05) is 51.1 Å². The van der Waals surface area contributed by atoms with Gasteiger partial charge in [0.2, 0.25) is 0 Å². The number of hydrogen-bond donors (Lipinski definition) is 1. The summed E-state index contributed by atoms with van der Waals surface area (Å²) in [6, 6.07) is 10.0. The van der Waals surface area contributed by atoms with Gasteiger partial charge in [-0.2, -0.15) is 0 Å². The van der Waals surface area contributed by atoms with Gasteiger partial charge in [0.1, 0.15) is 6.10 Å². The fraction of sp³-hybridized carbons (Fsp3) is 0.600. The molecular formula is C15H27NO2Si. The van der Waals surface area contributed by atoms with Crippen LogP contribution < -0.4 is 5.90 Å². The first-order valence-electron chi connectivity index (χ1n) is 6.82. The molecule has 0 aliphatic carbocycles. The van der Waals surface area contributed by atoms with Crippen LogP contribution in [0.3, 0.4) is 0 Å². The Balaban J connectivity index is 2.52. The Kier molecular flexibility index (Phi) is 5.74. The summed E-state index contributed by atoms with van der Waals surface area (Å²) < 4.78 is 6.15. The van der Waals surface area contributed by atoms with E-state index in [0.717, 1.165) is 12.0 Å². The Morgan fingerprint density at radius 2 is 1.74 bits per heavy atom. The molecule has 0 spiro atoms. The zero-order valence-electron chi connectivity index (χ0n) is 12.8. The zero-order chi connectivity index (χ0) is 14.5. The smallest absolute Gasteiger partial charge is 0.191 e. The summed E-state index contributed by atoms with van der Waals surface area (Å²) in [6.07, 6.45) is 0.693. The van der Waals surface area contributed by atoms with E-state index in [0.29, 0.717) is 6.61 Å². The molecule has 0 aliphatic heterocycles. The molecule has 1 atom stereocenters. The molecule has 0 saturated heterocycles. The summed E-state index contributed by atoms with van der Waals surface area (Å²) in [4.78, 5) is 5.07. The van der Waals surface area contributed by atoms with Crippen molar-refractivity contribution in [1.82, 2.24) is 0 Å². The highest BCUT2D eigenvalue weighted by atomic mass is 28.4. The lowest BCUT2D eigenvalue weighted by Crippen LogP contribution is -2.41. The molecule has 1 aromatic rings. The second kappa shape index (κ2) is 6.66. The Bertz CT molecular complexity index is 373. The molecule has 108 valence electrons. The van der Waals surface area contributed by atoms with Crippen molar-refractivity contribution < 1.29 is 9.26 Å². The monoisotopic (exact) mass is 281 g/mol. The molecule has 0 amide bonds. The van der Waals surface area contributed by atoms with Gasteiger partial charge in [-0.05, 0) is 23.7 Å². The highest BCUT2D eigenvalue weighted by Crippen LogP contribution is 2.36. The normalized spacial score (nSPS) is 14.4. The second-order valence-electron chi connectivity index (χ2n) is 6.43. The predicted octanol–water partition coefficient (Wildman–Crippen LogP) is 4.03. The Labute approximate surface area is 118 Å². The number of benzene rings is 1. The highest BCUT2D eigenvalue weighted by molar-refractivity contribution is 6.74. The van der Waals surface area contributed by atoms with Gasteiger partial charge < -0.3 is 4.43 Å². The summed E-state index contributed by atoms with van der Waals surface area (Å²) in [5.41, 5.74) is 1.10. The molecule has 0 saturated carbocycles. The maximum Gasteiger partial charge on any atom is 0.191 e. The zero-order valence-corrected chi connectivity index (χ0v) is 13.8. The van der Waals surface area contributed by atoms with E-state index < -0.39 is 8.32 Å². The lowest BCUT2D eigenvalue weighted by atomic mass is 10.1. The van der Waals surface area contributed by atoms with Gasteiger partial charge in [-0.3, -0.25) is 4.84 Å². The van der Waals surface area contributed by atoms with Gasteiger partial charge in [0, 0.05) is 13.0 Å². The number of hydrogen-bond acceptors (Lipinski definition) is 3. The van der Waals surface area contributed by atoms with Crippen LogP contribution in [-0.4, -0.2) is 14.9 Å². The van der Waals surface area contributed by atoms with Gasteiger partial charge in [-0.25, -0.2) is 5.90 Å². The molecule has 0 aliphatic rings. The molecule has 1 rings (SSSR count). The summed E-state index contributed by atoms with van der Waals surface area (Å²) >= 11 is 0. The second-order valence-corrected chi connectivity index (χ2v) is 11.2. The highest BCUT2D eigenvalue weighted by Gasteiger charge is 2.37. The Morgan fingerprint density at radius 1 is 1.16 bits per heavy atom. The third-order valence-electron chi connectivity index (χ3n) is 3.98. The largest absolute Gasteiger partial charge is 0.417 e. The van der Waals surface area contributed by atoms with E-state index in [9.17, 15) is 0 Å². The minimum Gasteiger partial charge on any atom is -0.417 e. The van der Waals surface area contributed by atoms with Crippen LogP contribution >= 0.6 is 0 Å². The number of rotatable bonds is 6. The van der Waals surface area contributed by atoms with Crippen LogP contribution in [0.25, 0.3) is 0 Å². The van der Waals surface area contributed by atoms with E-state index in [-0.39, 0.29) is 11.1 Å². The molecule has 0 aromatic heterocycles. The first-order valence-corrected chi connectivity index (χ1v) is 9.73. The summed E-state index contributed by atoms with van der Waals surface area (Å²) in [5.74, 6) is 5.40. The third kappa shape index (κ3) is 4.73. The van der Waals surface area contributed by atoms with Crippen molar-refractivity contribution in [3.63, 3.8) is 0 Å². The maximum absolute atomic E-state index is 6.15. The van der Waals surface area contributed by atoms with E-state index in [2.05, 4.69) is 33.9 Å². The van der Waals surface area contributed by atoms with Gasteiger partial charge >= 0.3 is 0 Å². The van der Waals surface area contributed by atoms with Crippen molar-refractivity contribution in [2.45, 2.75) is 51.4 Å². The van der Waals surface area contributed by atoms with E-state index >= 15 is 0 Å². The van der Waals surface area contributed by atoms with Gasteiger partial charge in [0.05, 0.1) is 0 Å². The topological polar surface area (TPSA) is 44.5 Å². The van der Waals surface area contributed by atoms with Crippen molar-refractivity contribution in [3.05, 3.63) is 35.9 Å². The molecular weight excluding hydrogens is 254 g/mol. The predicted molar refractivity (Wildman–Crippen MR) is 82.2 cm³/mol. The van der Waals surface area contributed by atoms with Crippen molar-refractivity contribution in [3.8, 4) is 0 Å². The van der Waals surface area contributed by atoms with Crippen LogP contribution in [0.2, 0.25) is 18.1 Å². The lowest BCUT2D eigenvalue weighted by molar-refractivity contribution is 0.0354. The summed E-state index contributed by atoms with van der Waals surface area (Å²) in [7, 11) is -1.68. The molecule has 3 nitrogen and oxygen atoms in total. The molecule has 0 heterocycles. The first kappa shape index (κ1) is 16.4. The van der Waals surface area contributed by atoms with Crippen molar-refractivity contribution in [2.24, 2.45) is 5.90 Å². The van der Waals surface area contributed by atoms with E-state index in [1.807, 2.05) is 30.3 Å². The molecule has 2 N–H and O–H groups in total. The summed E-state index contributed by atoms with van der Waals surface area (Å²) in [6.45, 7) is 11.9. The Hall–Kier alpha value is -0.683. The van der Waals surface area contributed by atoms with Crippen molar-refractivity contribution in [1.29, 1.82) is 0 Å². The van der Waals surface area contributed by atoms with Crippen LogP contribution in [0.5, 0.6) is 0 Å². The number of nitrogens with two attached hydrogens (primary N) is 1. The van der Waals surface area contributed by atoms with Crippen molar-refractivity contribution in [2.75, 3.05) is 6.61 Å². The summed E-state index contributed by atoms with van der Waals surface area (Å²) in [5, 5.41) is 0.235. The van der Waals surface area contributed by atoms with Crippen LogP contribution in [0, 0.1) is 0 Å². The van der Waals surface area contributed by atoms with Crippen LogP contribution in [0.1, 0.15) is 38.9 Å². The minimum atomic E-state index is -1.68. The SMILES string of the molecule is CC(C)(C)[Si](C)(C)OCCC(ON)c1ccccc1. The average Bonchev–Trinajstić information content (AvgIpc) is 2.34. The quantitative estimate of drug-likeness (QED) is 0.632. The Morgan fingerprint density at radius 3 is 2.21 bits per heavy atom. The van der Waals surface area contributed by atoms with E-state index in [4.69, 9.17) is 15.2 Å². The van der Waals surface area contributed by atoms with E-state index in [1.165, 1.54) is 0 Å². The molecule has 0 bridgehead atoms. The van der Waals surface area contributed by atoms with Crippen LogP contribution in [0.15, 0.2) is 30.3 Å². The molecule has 0 fully saturated rings. The van der Waals surface area contributed by atoms with Crippen molar-refractivity contribution >= 4 is 8.32 Å². The fourth-order valence-electron chi connectivity index (χ4n) is 1.62. The third-order valence-corrected chi connectivity index (χ3v) is 8.52. The minimum absolute atomic E-state index is 0.0917. The van der Waals surface area contributed by atoms with Gasteiger partial charge in [-0.15, -0.1) is 0 Å². The molecule has 4 heteroatoms. The molecule has 1 unspecified atom stereocenters. The maximum atomic E-state index is 6.15. The van der Waals surface area contributed by atoms with E-state index in [1.54, 1.807) is 0 Å². The van der Waals surface area contributed by atoms with Crippen LogP contribution in [-0.2, 0) is 9.26 Å². The lowest BCUT2D eigenvalue weighted by Gasteiger charge is -2.36. The molecule has 0 radical (unpaired) electrons. The van der Waals surface area contributed by atoms with Gasteiger partial charge in [0.15, 0.2) is 8.32 Å². The molecule has 1 aromatic carbocycles.